The Morgan fingerprint density at radius 2 is 1.88 bits per heavy atom. The lowest BCUT2D eigenvalue weighted by atomic mass is 9.86. The van der Waals surface area contributed by atoms with Crippen molar-refractivity contribution in [1.29, 1.82) is 0 Å². The van der Waals surface area contributed by atoms with Gasteiger partial charge >= 0.3 is 11.7 Å². The number of rotatable bonds is 5. The molecule has 0 amide bonds. The summed E-state index contributed by atoms with van der Waals surface area (Å²) in [6.45, 7) is -0.544. The number of nitrogens with zero attached hydrogens (tertiary/aromatic N) is 2. The lowest BCUT2D eigenvalue weighted by Gasteiger charge is -2.20. The fourth-order valence-electron chi connectivity index (χ4n) is 4.24. The molecule has 136 valence electrons. The number of anilines is 1. The van der Waals surface area contributed by atoms with Gasteiger partial charge in [0, 0.05) is 20.5 Å². The largest absolute Gasteiger partial charge is 0.457 e. The fourth-order valence-corrected chi connectivity index (χ4v) is 4.24. The molecule has 2 fully saturated rings. The third-order valence-corrected chi connectivity index (χ3v) is 5.67. The second-order valence-corrected chi connectivity index (χ2v) is 7.19. The zero-order valence-electron chi connectivity index (χ0n) is 14.5. The maximum Gasteiger partial charge on any atom is 0.332 e. The highest BCUT2D eigenvalue weighted by Gasteiger charge is 2.40. The average Bonchev–Trinajstić information content (AvgIpc) is 3.19. The highest BCUT2D eigenvalue weighted by molar-refractivity contribution is 6.01. The van der Waals surface area contributed by atoms with Crippen LogP contribution in [0.5, 0.6) is 0 Å². The van der Waals surface area contributed by atoms with Crippen molar-refractivity contribution < 1.29 is 14.3 Å². The number of nitrogens with two attached hydrogens (primary N) is 1. The summed E-state index contributed by atoms with van der Waals surface area (Å²) < 4.78 is 6.89. The van der Waals surface area contributed by atoms with Gasteiger partial charge in [-0.1, -0.05) is 6.42 Å². The van der Waals surface area contributed by atoms with Crippen LogP contribution in [0.25, 0.3) is 0 Å². The van der Waals surface area contributed by atoms with E-state index in [1.165, 1.54) is 33.4 Å². The lowest BCUT2D eigenvalue weighted by Crippen LogP contribution is -2.42. The van der Waals surface area contributed by atoms with Crippen LogP contribution in [-0.4, -0.2) is 27.5 Å². The summed E-state index contributed by atoms with van der Waals surface area (Å²) in [4.78, 5) is 48.2. The van der Waals surface area contributed by atoms with Gasteiger partial charge in [0.1, 0.15) is 11.4 Å². The molecule has 0 unspecified atom stereocenters. The van der Waals surface area contributed by atoms with E-state index in [2.05, 4.69) is 0 Å². The van der Waals surface area contributed by atoms with Crippen molar-refractivity contribution in [2.45, 2.75) is 32.1 Å². The number of ketones is 1. The Kier molecular flexibility index (Phi) is 4.53. The number of hydrogen-bond acceptors (Lipinski definition) is 6. The Labute approximate surface area is 144 Å². The van der Waals surface area contributed by atoms with Crippen LogP contribution in [0.3, 0.4) is 0 Å². The molecule has 0 spiro atoms. The van der Waals surface area contributed by atoms with Crippen molar-refractivity contribution in [3.05, 3.63) is 26.4 Å². The quantitative estimate of drug-likeness (QED) is 0.601. The van der Waals surface area contributed by atoms with E-state index in [0.717, 1.165) is 21.5 Å². The first-order valence-corrected chi connectivity index (χ1v) is 8.54. The third-order valence-electron chi connectivity index (χ3n) is 5.67. The molecule has 0 saturated heterocycles. The van der Waals surface area contributed by atoms with E-state index in [-0.39, 0.29) is 11.4 Å². The zero-order chi connectivity index (χ0) is 18.3. The number of ether oxygens (including phenoxy) is 1. The molecule has 0 aromatic carbocycles. The fraction of sp³-hybridized carbons (Fsp3) is 0.647. The Morgan fingerprint density at radius 1 is 1.16 bits per heavy atom. The Balaban J connectivity index is 1.64. The molecular formula is C17H23N3O5. The van der Waals surface area contributed by atoms with Gasteiger partial charge in [0.2, 0.25) is 5.78 Å². The van der Waals surface area contributed by atoms with Crippen molar-refractivity contribution in [3.8, 4) is 0 Å². The van der Waals surface area contributed by atoms with Crippen LogP contribution < -0.4 is 17.0 Å². The van der Waals surface area contributed by atoms with Crippen LogP contribution in [0, 0.1) is 17.8 Å². The highest BCUT2D eigenvalue weighted by Crippen LogP contribution is 2.49. The lowest BCUT2D eigenvalue weighted by molar-refractivity contribution is -0.144. The summed E-state index contributed by atoms with van der Waals surface area (Å²) in [5.74, 6) is 0.331. The minimum absolute atomic E-state index is 0.220. The molecular weight excluding hydrogens is 326 g/mol. The predicted molar refractivity (Wildman–Crippen MR) is 90.2 cm³/mol. The van der Waals surface area contributed by atoms with E-state index >= 15 is 0 Å². The normalized spacial score (nSPS) is 24.5. The molecule has 1 heterocycles. The van der Waals surface area contributed by atoms with E-state index < -0.39 is 29.6 Å². The molecule has 0 aliphatic heterocycles. The molecule has 1 aromatic rings. The van der Waals surface area contributed by atoms with E-state index in [1.54, 1.807) is 0 Å². The van der Waals surface area contributed by atoms with E-state index in [4.69, 9.17) is 10.5 Å². The monoisotopic (exact) mass is 349 g/mol. The smallest absolute Gasteiger partial charge is 0.332 e. The molecule has 2 N–H and O–H groups in total. The molecule has 2 bridgehead atoms. The minimum Gasteiger partial charge on any atom is -0.457 e. The van der Waals surface area contributed by atoms with Crippen molar-refractivity contribution in [1.82, 2.24) is 9.13 Å². The summed E-state index contributed by atoms with van der Waals surface area (Å²) in [5.41, 5.74) is 4.00. The number of nitrogen functional groups attached to an aromatic ring is 1. The zero-order valence-corrected chi connectivity index (χ0v) is 14.5. The van der Waals surface area contributed by atoms with Gasteiger partial charge in [-0.15, -0.1) is 0 Å². The van der Waals surface area contributed by atoms with Crippen LogP contribution in [-0.2, 0) is 23.6 Å². The third kappa shape index (κ3) is 3.12. The van der Waals surface area contributed by atoms with Gasteiger partial charge in [-0.25, -0.2) is 4.79 Å². The maximum atomic E-state index is 12.3. The van der Waals surface area contributed by atoms with Crippen molar-refractivity contribution >= 4 is 17.6 Å². The van der Waals surface area contributed by atoms with Crippen molar-refractivity contribution in [2.24, 2.45) is 31.8 Å². The molecule has 2 aliphatic carbocycles. The second kappa shape index (κ2) is 6.50. The van der Waals surface area contributed by atoms with Crippen molar-refractivity contribution in [3.63, 3.8) is 0 Å². The number of carbonyl (C=O) groups is 2. The molecule has 25 heavy (non-hydrogen) atoms. The van der Waals surface area contributed by atoms with Gasteiger partial charge in [0.05, 0.1) is 0 Å². The molecule has 2 saturated carbocycles. The first kappa shape index (κ1) is 17.4. The maximum absolute atomic E-state index is 12.3. The molecule has 1 aromatic heterocycles. The number of carbonyl (C=O) groups excluding carboxylic acids is 2. The van der Waals surface area contributed by atoms with Crippen LogP contribution in [0.2, 0.25) is 0 Å². The van der Waals surface area contributed by atoms with Gasteiger partial charge in [0.15, 0.2) is 6.61 Å². The predicted octanol–water partition coefficient (Wildman–Crippen LogP) is 0.218. The summed E-state index contributed by atoms with van der Waals surface area (Å²) in [5, 5.41) is 0. The summed E-state index contributed by atoms with van der Waals surface area (Å²) in [7, 11) is 2.64. The molecule has 3 atom stereocenters. The first-order valence-electron chi connectivity index (χ1n) is 8.54. The van der Waals surface area contributed by atoms with Gasteiger partial charge < -0.3 is 10.5 Å². The second-order valence-electron chi connectivity index (χ2n) is 7.19. The van der Waals surface area contributed by atoms with E-state index in [9.17, 15) is 19.2 Å². The van der Waals surface area contributed by atoms with E-state index in [0.29, 0.717) is 18.3 Å². The summed E-state index contributed by atoms with van der Waals surface area (Å²) >= 11 is 0. The van der Waals surface area contributed by atoms with Gasteiger partial charge in [-0.3, -0.25) is 23.5 Å². The number of Topliss-reactive ketones (excluding diaryl/α,β-unsaturated/α-hetero) is 1. The highest BCUT2D eigenvalue weighted by atomic mass is 16.5. The molecule has 3 rings (SSSR count). The van der Waals surface area contributed by atoms with Gasteiger partial charge in [-0.2, -0.15) is 0 Å². The summed E-state index contributed by atoms with van der Waals surface area (Å²) in [6.07, 6.45) is 4.99. The van der Waals surface area contributed by atoms with Gasteiger partial charge in [-0.05, 0) is 37.0 Å². The Morgan fingerprint density at radius 3 is 2.48 bits per heavy atom. The SMILES string of the molecule is Cn1c(N)c(C(=O)COC(=O)C[C@H]2C[C@H]3CC[C@H]2C3)c(=O)n(C)c1=O. The number of fused-ring (bicyclic) bond motifs is 2. The standard InChI is InChI=1S/C17H23N3O5/c1-19-15(18)14(16(23)20(2)17(19)24)12(21)8-25-13(22)7-11-6-9-3-4-10(11)5-9/h9-11H,3-8,18H2,1-2H3/t9-,10-,11+/m0/s1. The molecule has 2 aliphatic rings. The first-order chi connectivity index (χ1) is 11.8. The van der Waals surface area contributed by atoms with Crippen LogP contribution in [0.1, 0.15) is 42.5 Å². The van der Waals surface area contributed by atoms with Gasteiger partial charge in [0.25, 0.3) is 5.56 Å². The van der Waals surface area contributed by atoms with Crippen LogP contribution in [0.4, 0.5) is 5.82 Å². The molecule has 0 radical (unpaired) electrons. The topological polar surface area (TPSA) is 113 Å². The number of hydrogen-bond donors (Lipinski definition) is 1. The molecule has 8 heteroatoms. The summed E-state index contributed by atoms with van der Waals surface area (Å²) in [6, 6.07) is 0. The Hall–Kier alpha value is -2.38. The minimum atomic E-state index is -0.783. The van der Waals surface area contributed by atoms with E-state index in [1.807, 2.05) is 0 Å². The average molecular weight is 349 g/mol. The number of esters is 1. The molecule has 8 nitrogen and oxygen atoms in total. The Bertz CT molecular complexity index is 838. The number of aromatic nitrogens is 2. The van der Waals surface area contributed by atoms with Crippen LogP contribution >= 0.6 is 0 Å². The van der Waals surface area contributed by atoms with Crippen molar-refractivity contribution in [2.75, 3.05) is 12.3 Å². The van der Waals surface area contributed by atoms with Crippen LogP contribution in [0.15, 0.2) is 9.59 Å².